The third kappa shape index (κ3) is 44.2. The molecule has 0 aromatic rings. The predicted octanol–water partition coefficient (Wildman–Crippen LogP) is 13.0. The second kappa shape index (κ2) is 46.5. The van der Waals surface area contributed by atoms with Crippen LogP contribution >= 0.6 is 0 Å². The van der Waals surface area contributed by atoms with Crippen LogP contribution in [0.25, 0.3) is 0 Å². The van der Waals surface area contributed by atoms with Crippen LogP contribution in [0.4, 0.5) is 0 Å². The number of rotatable bonds is 41. The minimum absolute atomic E-state index is 0.00173. The van der Waals surface area contributed by atoms with E-state index < -0.39 is 18.1 Å². The van der Waals surface area contributed by atoms with E-state index in [0.29, 0.717) is 12.8 Å². The quantitative estimate of drug-likeness (QED) is 0.0198. The van der Waals surface area contributed by atoms with Crippen molar-refractivity contribution in [3.63, 3.8) is 0 Å². The van der Waals surface area contributed by atoms with Crippen LogP contribution in [-0.4, -0.2) is 75.5 Å². The average Bonchev–Trinajstić information content (AvgIpc) is 3.28. The summed E-state index contributed by atoms with van der Waals surface area (Å²) < 4.78 is 17.1. The molecule has 0 saturated heterocycles. The van der Waals surface area contributed by atoms with Gasteiger partial charge in [-0.3, -0.25) is 9.59 Å². The molecule has 0 aliphatic heterocycles. The Bertz CT molecular complexity index is 1620. The van der Waals surface area contributed by atoms with Gasteiger partial charge < -0.3 is 28.6 Å². The molecule has 0 bridgehead atoms. The van der Waals surface area contributed by atoms with Crippen LogP contribution in [0.2, 0.25) is 0 Å². The van der Waals surface area contributed by atoms with Gasteiger partial charge in [-0.15, -0.1) is 0 Å². The molecule has 366 valence electrons. The van der Waals surface area contributed by atoms with Crippen LogP contribution in [0.1, 0.15) is 136 Å². The van der Waals surface area contributed by atoms with Gasteiger partial charge in [-0.2, -0.15) is 0 Å². The number of aliphatic carboxylic acids is 1. The predicted molar refractivity (Wildman–Crippen MR) is 276 cm³/mol. The van der Waals surface area contributed by atoms with Crippen molar-refractivity contribution in [2.24, 2.45) is 0 Å². The maximum atomic E-state index is 12.8. The van der Waals surface area contributed by atoms with Crippen LogP contribution < -0.4 is 5.11 Å². The van der Waals surface area contributed by atoms with Crippen LogP contribution in [-0.2, 0) is 28.6 Å². The summed E-state index contributed by atoms with van der Waals surface area (Å²) in [5.41, 5.74) is 0. The lowest BCUT2D eigenvalue weighted by molar-refractivity contribution is -0.889. The van der Waals surface area contributed by atoms with Gasteiger partial charge in [0, 0.05) is 19.3 Å². The molecule has 8 nitrogen and oxygen atoms in total. The lowest BCUT2D eigenvalue weighted by Gasteiger charge is -2.34. The van der Waals surface area contributed by atoms with E-state index in [1.807, 2.05) is 72.9 Å². The van der Waals surface area contributed by atoms with Crippen LogP contribution in [0, 0.1) is 0 Å². The van der Waals surface area contributed by atoms with Gasteiger partial charge in [-0.25, -0.2) is 0 Å². The fourth-order valence-electron chi connectivity index (χ4n) is 6.11. The zero-order chi connectivity index (χ0) is 48.4. The number of carboxylic acids is 1. The van der Waals surface area contributed by atoms with E-state index in [4.69, 9.17) is 14.2 Å². The van der Waals surface area contributed by atoms with Gasteiger partial charge in [0.25, 0.3) is 0 Å². The number of carbonyl (C=O) groups is 3. The normalized spacial score (nSPS) is 14.3. The van der Waals surface area contributed by atoms with E-state index in [1.54, 1.807) is 21.1 Å². The van der Waals surface area contributed by atoms with E-state index >= 15 is 0 Å². The third-order valence-corrected chi connectivity index (χ3v) is 9.85. The van der Waals surface area contributed by atoms with Crippen LogP contribution in [0.15, 0.2) is 158 Å². The van der Waals surface area contributed by atoms with Crippen molar-refractivity contribution in [3.05, 3.63) is 158 Å². The van der Waals surface area contributed by atoms with E-state index in [1.165, 1.54) is 0 Å². The molecule has 0 aromatic carbocycles. The summed E-state index contributed by atoms with van der Waals surface area (Å²) in [6.45, 7) is 4.29. The highest BCUT2D eigenvalue weighted by Gasteiger charge is 2.25. The summed E-state index contributed by atoms with van der Waals surface area (Å²) in [4.78, 5) is 37.0. The molecule has 0 aliphatic rings. The largest absolute Gasteiger partial charge is 0.544 e. The average molecular weight is 910 g/mol. The number of esters is 2. The highest BCUT2D eigenvalue weighted by atomic mass is 16.6. The zero-order valence-corrected chi connectivity index (χ0v) is 41.5. The molecule has 2 unspecified atom stereocenters. The monoisotopic (exact) mass is 910 g/mol. The van der Waals surface area contributed by atoms with E-state index in [0.717, 1.165) is 89.9 Å². The fourth-order valence-corrected chi connectivity index (χ4v) is 6.11. The van der Waals surface area contributed by atoms with Crippen molar-refractivity contribution in [3.8, 4) is 0 Å². The SMILES string of the molecule is CC/C=C/C=C/C=C/C=C/C=C/C=C/C=C/CCCCCC(=O)OCC(COCCC(C(=O)[O-])[N+](C)(C)C)OC(=O)CCCCCC/C=C/C/C=C/C/C=C/C/C=C/C/C=C/C/C=C/CC. The van der Waals surface area contributed by atoms with E-state index in [9.17, 15) is 19.5 Å². The number of carbonyl (C=O) groups excluding carboxylic acids is 3. The van der Waals surface area contributed by atoms with Crippen molar-refractivity contribution in [2.75, 3.05) is 41.0 Å². The molecule has 0 fully saturated rings. The molecule has 0 aliphatic carbocycles. The van der Waals surface area contributed by atoms with Crippen molar-refractivity contribution in [1.82, 2.24) is 0 Å². The van der Waals surface area contributed by atoms with E-state index in [-0.39, 0.29) is 55.5 Å². The Hall–Kier alpha value is -5.05. The molecule has 0 radical (unpaired) electrons. The summed E-state index contributed by atoms with van der Waals surface area (Å²) >= 11 is 0. The Morgan fingerprint density at radius 1 is 0.470 bits per heavy atom. The van der Waals surface area contributed by atoms with Gasteiger partial charge in [0.05, 0.1) is 40.3 Å². The summed E-state index contributed by atoms with van der Waals surface area (Å²) in [5.74, 6) is -1.85. The van der Waals surface area contributed by atoms with Crippen LogP contribution in [0.3, 0.4) is 0 Å². The first-order chi connectivity index (χ1) is 32.1. The summed E-state index contributed by atoms with van der Waals surface area (Å²) in [6.07, 6.45) is 69.8. The van der Waals surface area contributed by atoms with Crippen molar-refractivity contribution < 1.29 is 38.2 Å². The Balaban J connectivity index is 4.48. The molecule has 8 heteroatoms. The molecule has 0 rings (SSSR count). The fraction of sp³-hybridized carbons (Fsp3) is 0.500. The smallest absolute Gasteiger partial charge is 0.306 e. The van der Waals surface area contributed by atoms with Gasteiger partial charge in [-0.1, -0.05) is 191 Å². The summed E-state index contributed by atoms with van der Waals surface area (Å²) in [5, 5.41) is 11.7. The molecule has 0 aromatic heterocycles. The Morgan fingerprint density at radius 2 is 0.879 bits per heavy atom. The first-order valence-electron chi connectivity index (χ1n) is 24.6. The van der Waals surface area contributed by atoms with Gasteiger partial charge in [0.2, 0.25) is 0 Å². The van der Waals surface area contributed by atoms with Gasteiger partial charge in [-0.05, 0) is 83.5 Å². The Labute approximate surface area is 401 Å². The lowest BCUT2D eigenvalue weighted by Crippen LogP contribution is -2.55. The van der Waals surface area contributed by atoms with Crippen molar-refractivity contribution in [2.45, 2.75) is 148 Å². The molecule has 2 atom stereocenters. The highest BCUT2D eigenvalue weighted by Crippen LogP contribution is 2.12. The minimum atomic E-state index is -1.14. The summed E-state index contributed by atoms with van der Waals surface area (Å²) in [6, 6.07) is -0.751. The van der Waals surface area contributed by atoms with Gasteiger partial charge in [0.15, 0.2) is 6.10 Å². The third-order valence-electron chi connectivity index (χ3n) is 9.85. The molecular formula is C58H87NO7. The first kappa shape index (κ1) is 60.9. The maximum Gasteiger partial charge on any atom is 0.306 e. The minimum Gasteiger partial charge on any atom is -0.544 e. The molecule has 0 spiro atoms. The zero-order valence-electron chi connectivity index (χ0n) is 41.5. The number of hydrogen-bond donors (Lipinski definition) is 0. The van der Waals surface area contributed by atoms with Crippen molar-refractivity contribution in [1.29, 1.82) is 0 Å². The Kier molecular flexibility index (Phi) is 42.9. The standard InChI is InChI=1S/C58H87NO7/c1-6-8-10-12-14-16-18-20-22-24-26-27-28-29-31-33-35-37-39-41-43-45-47-49-57(61)66-54(52-64-51-50-55(58(62)63)59(3,4)5)53-65-56(60)48-46-44-42-40-38-36-34-32-30-25-23-21-19-17-15-13-11-9-7-2/h8-11,13-17,19-23,25-27,29-32,34-38,54-55H,6-7,12,18,24,28,33,39-53H2,1-5H3/b10-8+,11-9+,15-13+,16-14+,19-17+,22-20+,23-21+,27-26+,30-25+,31-29+,34-32+,37-35+,38-36+. The maximum absolute atomic E-state index is 12.8. The Morgan fingerprint density at radius 3 is 1.36 bits per heavy atom. The highest BCUT2D eigenvalue weighted by molar-refractivity contribution is 5.70. The number of quaternary nitrogens is 1. The summed E-state index contributed by atoms with van der Waals surface area (Å²) in [7, 11) is 5.37. The van der Waals surface area contributed by atoms with Gasteiger partial charge >= 0.3 is 11.9 Å². The number of ether oxygens (including phenoxy) is 3. The second-order valence-corrected chi connectivity index (χ2v) is 16.8. The second-order valence-electron chi connectivity index (χ2n) is 16.8. The molecule has 66 heavy (non-hydrogen) atoms. The van der Waals surface area contributed by atoms with E-state index in [2.05, 4.69) is 98.9 Å². The number of hydrogen-bond acceptors (Lipinski definition) is 7. The number of allylic oxidation sites excluding steroid dienone is 26. The van der Waals surface area contributed by atoms with Crippen molar-refractivity contribution >= 4 is 17.9 Å². The molecule has 0 saturated carbocycles. The topological polar surface area (TPSA) is 102 Å². The molecular weight excluding hydrogens is 823 g/mol. The van der Waals surface area contributed by atoms with Crippen LogP contribution in [0.5, 0.6) is 0 Å². The number of nitrogens with zero attached hydrogens (tertiary/aromatic N) is 1. The number of unbranched alkanes of at least 4 members (excludes halogenated alkanes) is 7. The molecule has 0 heterocycles. The van der Waals surface area contributed by atoms with Gasteiger partial charge in [0.1, 0.15) is 12.6 Å². The lowest BCUT2D eigenvalue weighted by atomic mass is 10.1. The molecule has 0 N–H and O–H groups in total. The number of likely N-dealkylation sites (N-methyl/N-ethyl adjacent to an activating group) is 1. The molecule has 0 amide bonds. The number of carboxylic acid groups (broad SMARTS) is 1. The first-order valence-corrected chi connectivity index (χ1v) is 24.6.